The van der Waals surface area contributed by atoms with E-state index in [2.05, 4.69) is 27.6 Å². The number of ether oxygens (including phenoxy) is 1. The number of azo groups is 1. The Morgan fingerprint density at radius 1 is 1.18 bits per heavy atom. The highest BCUT2D eigenvalue weighted by Crippen LogP contribution is 2.18. The monoisotopic (exact) mass is 389 g/mol. The molecule has 0 saturated carbocycles. The van der Waals surface area contributed by atoms with Crippen LogP contribution >= 0.6 is 0 Å². The van der Waals surface area contributed by atoms with Gasteiger partial charge in [0.1, 0.15) is 0 Å². The Hall–Kier alpha value is -2.35. The lowest BCUT2D eigenvalue weighted by Crippen LogP contribution is -2.26. The number of unbranched alkanes of at least 4 members (excludes halogenated alkanes) is 5. The first-order valence-corrected chi connectivity index (χ1v) is 10.2. The van der Waals surface area contributed by atoms with Crippen LogP contribution in [-0.4, -0.2) is 41.4 Å². The molecule has 2 amide bonds. The minimum absolute atomic E-state index is 0.174. The highest BCUT2D eigenvalue weighted by molar-refractivity contribution is 5.95. The van der Waals surface area contributed by atoms with Crippen LogP contribution in [0.5, 0.6) is 0 Å². The van der Waals surface area contributed by atoms with E-state index in [1.807, 2.05) is 0 Å². The van der Waals surface area contributed by atoms with Gasteiger partial charge in [0.15, 0.2) is 6.17 Å². The third-order valence-corrected chi connectivity index (χ3v) is 4.62. The van der Waals surface area contributed by atoms with Crippen molar-refractivity contribution in [3.63, 3.8) is 0 Å². The number of nitrogens with zero attached hydrogens (tertiary/aromatic N) is 4. The SMILES string of the molecule is CCCCCCCCOCCCNC(=O)c1cnn(C2C=CC(=O)N=N2)c1C. The summed E-state index contributed by atoms with van der Waals surface area (Å²) in [6.45, 7) is 6.01. The highest BCUT2D eigenvalue weighted by Gasteiger charge is 2.19. The van der Waals surface area contributed by atoms with Gasteiger partial charge in [0.05, 0.1) is 17.5 Å². The zero-order valence-corrected chi connectivity index (χ0v) is 16.9. The van der Waals surface area contributed by atoms with E-state index in [0.717, 1.165) is 19.4 Å². The van der Waals surface area contributed by atoms with Gasteiger partial charge in [-0.25, -0.2) is 4.68 Å². The molecule has 0 radical (unpaired) electrons. The number of carbonyl (C=O) groups is 2. The minimum Gasteiger partial charge on any atom is -0.381 e. The Bertz CT molecular complexity index is 680. The van der Waals surface area contributed by atoms with Crippen LogP contribution < -0.4 is 5.32 Å². The summed E-state index contributed by atoms with van der Waals surface area (Å²) in [5, 5.41) is 14.5. The molecular weight excluding hydrogens is 358 g/mol. The molecule has 1 aromatic rings. The first-order chi connectivity index (χ1) is 13.6. The van der Waals surface area contributed by atoms with Crippen LogP contribution in [0.3, 0.4) is 0 Å². The van der Waals surface area contributed by atoms with Gasteiger partial charge in [0.25, 0.3) is 11.8 Å². The number of amides is 2. The van der Waals surface area contributed by atoms with Crippen molar-refractivity contribution in [3.05, 3.63) is 29.6 Å². The molecule has 1 aliphatic heterocycles. The Balaban J connectivity index is 1.61. The van der Waals surface area contributed by atoms with Crippen molar-refractivity contribution >= 4 is 11.8 Å². The molecule has 0 bridgehead atoms. The Kier molecular flexibility index (Phi) is 9.54. The summed E-state index contributed by atoms with van der Waals surface area (Å²) in [6, 6.07) is 0. The molecule has 154 valence electrons. The molecular formula is C20H31N5O3. The fraction of sp³-hybridized carbons (Fsp3) is 0.650. The van der Waals surface area contributed by atoms with Crippen LogP contribution in [0.15, 0.2) is 28.6 Å². The van der Waals surface area contributed by atoms with Gasteiger partial charge in [-0.05, 0) is 25.8 Å². The van der Waals surface area contributed by atoms with E-state index in [-0.39, 0.29) is 5.91 Å². The molecule has 1 atom stereocenters. The average Bonchev–Trinajstić information content (AvgIpc) is 3.08. The van der Waals surface area contributed by atoms with Crippen LogP contribution in [0.25, 0.3) is 0 Å². The molecule has 0 aliphatic carbocycles. The maximum absolute atomic E-state index is 12.3. The third kappa shape index (κ3) is 6.99. The van der Waals surface area contributed by atoms with Crippen molar-refractivity contribution in [2.24, 2.45) is 10.2 Å². The average molecular weight is 390 g/mol. The number of hydrogen-bond donors (Lipinski definition) is 1. The van der Waals surface area contributed by atoms with Crippen LogP contribution in [0.2, 0.25) is 0 Å². The maximum atomic E-state index is 12.3. The molecule has 8 nitrogen and oxygen atoms in total. The van der Waals surface area contributed by atoms with Gasteiger partial charge >= 0.3 is 0 Å². The third-order valence-electron chi connectivity index (χ3n) is 4.62. The fourth-order valence-corrected chi connectivity index (χ4v) is 2.96. The van der Waals surface area contributed by atoms with Crippen LogP contribution in [0, 0.1) is 6.92 Å². The van der Waals surface area contributed by atoms with E-state index < -0.39 is 12.1 Å². The molecule has 0 fully saturated rings. The normalized spacial score (nSPS) is 15.9. The molecule has 1 aromatic heterocycles. The summed E-state index contributed by atoms with van der Waals surface area (Å²) in [5.74, 6) is -0.565. The van der Waals surface area contributed by atoms with E-state index in [9.17, 15) is 9.59 Å². The molecule has 0 saturated heterocycles. The van der Waals surface area contributed by atoms with E-state index in [4.69, 9.17) is 4.74 Å². The zero-order valence-electron chi connectivity index (χ0n) is 16.9. The molecule has 1 aliphatic rings. The standard InChI is InChI=1S/C20H31N5O3/c1-3-4-5-6-7-8-13-28-14-9-12-21-20(27)17-15-22-25(16(17)2)18-10-11-19(26)24-23-18/h10-11,15,18H,3-9,12-14H2,1-2H3,(H,21,27). The zero-order chi connectivity index (χ0) is 20.2. The summed E-state index contributed by atoms with van der Waals surface area (Å²) in [6.07, 6.45) is 12.3. The summed E-state index contributed by atoms with van der Waals surface area (Å²) in [4.78, 5) is 23.4. The molecule has 1 unspecified atom stereocenters. The fourth-order valence-electron chi connectivity index (χ4n) is 2.96. The van der Waals surface area contributed by atoms with E-state index in [1.54, 1.807) is 17.7 Å². The number of rotatable bonds is 13. The van der Waals surface area contributed by atoms with Crippen molar-refractivity contribution < 1.29 is 14.3 Å². The molecule has 28 heavy (non-hydrogen) atoms. The van der Waals surface area contributed by atoms with Gasteiger partial charge in [-0.3, -0.25) is 9.59 Å². The Labute approximate surface area is 166 Å². The summed E-state index contributed by atoms with van der Waals surface area (Å²) < 4.78 is 7.19. The lowest BCUT2D eigenvalue weighted by atomic mass is 10.1. The predicted octanol–water partition coefficient (Wildman–Crippen LogP) is 3.74. The first kappa shape index (κ1) is 21.9. The Morgan fingerprint density at radius 3 is 2.68 bits per heavy atom. The summed E-state index contributed by atoms with van der Waals surface area (Å²) in [7, 11) is 0. The van der Waals surface area contributed by atoms with Gasteiger partial charge in [-0.2, -0.15) is 10.2 Å². The molecule has 0 aromatic carbocycles. The number of nitrogens with one attached hydrogen (secondary N) is 1. The molecule has 8 heteroatoms. The van der Waals surface area contributed by atoms with Gasteiger partial charge in [-0.1, -0.05) is 39.0 Å². The minimum atomic E-state index is -0.491. The summed E-state index contributed by atoms with van der Waals surface area (Å²) >= 11 is 0. The van der Waals surface area contributed by atoms with Crippen molar-refractivity contribution in [2.75, 3.05) is 19.8 Å². The second-order valence-electron chi connectivity index (χ2n) is 6.90. The molecule has 2 heterocycles. The van der Waals surface area contributed by atoms with E-state index in [0.29, 0.717) is 24.4 Å². The largest absolute Gasteiger partial charge is 0.381 e. The van der Waals surface area contributed by atoms with Gasteiger partial charge in [-0.15, -0.1) is 5.11 Å². The second kappa shape index (κ2) is 12.2. The molecule has 2 rings (SSSR count). The van der Waals surface area contributed by atoms with Crippen molar-refractivity contribution in [3.8, 4) is 0 Å². The maximum Gasteiger partial charge on any atom is 0.287 e. The molecule has 0 spiro atoms. The van der Waals surface area contributed by atoms with E-state index >= 15 is 0 Å². The first-order valence-electron chi connectivity index (χ1n) is 10.2. The lowest BCUT2D eigenvalue weighted by Gasteiger charge is -2.12. The highest BCUT2D eigenvalue weighted by atomic mass is 16.5. The van der Waals surface area contributed by atoms with Gasteiger partial charge in [0, 0.05) is 25.8 Å². The quantitative estimate of drug-likeness (QED) is 0.520. The number of hydrogen-bond acceptors (Lipinski definition) is 5. The molecule has 1 N–H and O–H groups in total. The topological polar surface area (TPSA) is 97.9 Å². The summed E-state index contributed by atoms with van der Waals surface area (Å²) in [5.41, 5.74) is 1.17. The van der Waals surface area contributed by atoms with Gasteiger partial charge in [0.2, 0.25) is 0 Å². The lowest BCUT2D eigenvalue weighted by molar-refractivity contribution is -0.114. The van der Waals surface area contributed by atoms with E-state index in [1.165, 1.54) is 44.4 Å². The smallest absolute Gasteiger partial charge is 0.287 e. The number of carbonyl (C=O) groups excluding carboxylic acids is 2. The predicted molar refractivity (Wildman–Crippen MR) is 106 cm³/mol. The van der Waals surface area contributed by atoms with Crippen LogP contribution in [0.1, 0.15) is 74.1 Å². The Morgan fingerprint density at radius 2 is 1.93 bits per heavy atom. The number of aromatic nitrogens is 2. The van der Waals surface area contributed by atoms with Crippen molar-refractivity contribution in [1.82, 2.24) is 15.1 Å². The van der Waals surface area contributed by atoms with Crippen LogP contribution in [-0.2, 0) is 9.53 Å². The van der Waals surface area contributed by atoms with Crippen molar-refractivity contribution in [1.29, 1.82) is 0 Å². The second-order valence-corrected chi connectivity index (χ2v) is 6.90. The van der Waals surface area contributed by atoms with Crippen molar-refractivity contribution in [2.45, 2.75) is 65.0 Å². The van der Waals surface area contributed by atoms with Crippen LogP contribution in [0.4, 0.5) is 0 Å². The van der Waals surface area contributed by atoms with Gasteiger partial charge < -0.3 is 10.1 Å².